The molecule has 1 fully saturated rings. The molecular formula is C25H28N4O5. The number of methoxy groups -OCH3 is 3. The Morgan fingerprint density at radius 1 is 0.882 bits per heavy atom. The Hall–Kier alpha value is -4.01. The number of hydrogen-bond acceptors (Lipinski definition) is 7. The van der Waals surface area contributed by atoms with Gasteiger partial charge in [0.05, 0.1) is 27.0 Å². The van der Waals surface area contributed by atoms with Gasteiger partial charge in [0, 0.05) is 43.5 Å². The minimum absolute atomic E-state index is 0.123. The van der Waals surface area contributed by atoms with Gasteiger partial charge in [0.1, 0.15) is 6.54 Å². The van der Waals surface area contributed by atoms with Crippen LogP contribution in [0.15, 0.2) is 59.4 Å². The molecule has 1 aromatic heterocycles. The van der Waals surface area contributed by atoms with E-state index in [2.05, 4.69) is 22.1 Å². The average Bonchev–Trinajstić information content (AvgIpc) is 2.89. The molecule has 0 saturated carbocycles. The molecule has 1 amide bonds. The van der Waals surface area contributed by atoms with Crippen LogP contribution in [0.1, 0.15) is 0 Å². The van der Waals surface area contributed by atoms with Crippen LogP contribution in [0.4, 0.5) is 5.69 Å². The normalized spacial score (nSPS) is 13.5. The maximum Gasteiger partial charge on any atom is 0.267 e. The smallest absolute Gasteiger partial charge is 0.267 e. The van der Waals surface area contributed by atoms with E-state index >= 15 is 0 Å². The lowest BCUT2D eigenvalue weighted by atomic mass is 10.1. The first-order chi connectivity index (χ1) is 16.5. The highest BCUT2D eigenvalue weighted by Crippen LogP contribution is 2.40. The fourth-order valence-electron chi connectivity index (χ4n) is 4.03. The number of piperazine rings is 1. The van der Waals surface area contributed by atoms with Crippen LogP contribution in [0.3, 0.4) is 0 Å². The number of amides is 1. The summed E-state index contributed by atoms with van der Waals surface area (Å²) in [6.45, 7) is 2.54. The summed E-state index contributed by atoms with van der Waals surface area (Å²) in [5.74, 6) is 1.28. The number of carbonyl (C=O) groups is 1. The lowest BCUT2D eigenvalue weighted by molar-refractivity contribution is -0.132. The molecule has 0 aliphatic carbocycles. The molecule has 0 radical (unpaired) electrons. The molecule has 3 aromatic rings. The van der Waals surface area contributed by atoms with E-state index in [0.29, 0.717) is 41.6 Å². The molecule has 1 saturated heterocycles. The van der Waals surface area contributed by atoms with E-state index in [9.17, 15) is 9.59 Å². The largest absolute Gasteiger partial charge is 0.493 e. The van der Waals surface area contributed by atoms with Crippen molar-refractivity contribution in [1.29, 1.82) is 0 Å². The number of hydrogen-bond donors (Lipinski definition) is 0. The van der Waals surface area contributed by atoms with E-state index in [1.165, 1.54) is 32.1 Å². The van der Waals surface area contributed by atoms with Crippen LogP contribution >= 0.6 is 0 Å². The molecule has 4 rings (SSSR count). The van der Waals surface area contributed by atoms with E-state index in [4.69, 9.17) is 14.2 Å². The third-order valence-corrected chi connectivity index (χ3v) is 5.87. The zero-order chi connectivity index (χ0) is 24.1. The van der Waals surface area contributed by atoms with Crippen LogP contribution in [0.2, 0.25) is 0 Å². The van der Waals surface area contributed by atoms with Crippen molar-refractivity contribution in [3.63, 3.8) is 0 Å². The Kier molecular flexibility index (Phi) is 7.01. The molecule has 0 bridgehead atoms. The van der Waals surface area contributed by atoms with Gasteiger partial charge in [-0.2, -0.15) is 5.10 Å². The monoisotopic (exact) mass is 464 g/mol. The molecule has 2 heterocycles. The van der Waals surface area contributed by atoms with Crippen LogP contribution in [0.5, 0.6) is 17.2 Å². The number of benzene rings is 2. The topological polar surface area (TPSA) is 86.1 Å². The molecule has 0 N–H and O–H groups in total. The highest BCUT2D eigenvalue weighted by Gasteiger charge is 2.22. The summed E-state index contributed by atoms with van der Waals surface area (Å²) in [6, 6.07) is 16.7. The number of para-hydroxylation sites is 1. The quantitative estimate of drug-likeness (QED) is 0.530. The predicted octanol–water partition coefficient (Wildman–Crippen LogP) is 2.28. The van der Waals surface area contributed by atoms with Gasteiger partial charge in [-0.1, -0.05) is 18.2 Å². The van der Waals surface area contributed by atoms with Crippen molar-refractivity contribution >= 4 is 11.6 Å². The first kappa shape index (κ1) is 23.2. The predicted molar refractivity (Wildman–Crippen MR) is 129 cm³/mol. The summed E-state index contributed by atoms with van der Waals surface area (Å²) in [7, 11) is 4.60. The number of carbonyl (C=O) groups excluding carboxylic acids is 1. The molecule has 9 heteroatoms. The van der Waals surface area contributed by atoms with E-state index in [-0.39, 0.29) is 18.0 Å². The van der Waals surface area contributed by atoms with Gasteiger partial charge in [0.2, 0.25) is 11.7 Å². The van der Waals surface area contributed by atoms with E-state index in [1.807, 2.05) is 18.2 Å². The van der Waals surface area contributed by atoms with E-state index in [0.717, 1.165) is 18.8 Å². The first-order valence-corrected chi connectivity index (χ1v) is 11.0. The standard InChI is InChI=1S/C25H28N4O5/c1-32-21-15-18(16-22(33-2)25(21)34-3)20-9-10-23(30)29(26-20)17-24(31)28-13-11-27(12-14-28)19-7-5-4-6-8-19/h4-10,15-16H,11-14,17H2,1-3H3. The Balaban J connectivity index is 1.50. The van der Waals surface area contributed by atoms with Crippen molar-refractivity contribution in [1.82, 2.24) is 14.7 Å². The molecule has 178 valence electrons. The van der Waals surface area contributed by atoms with Gasteiger partial charge >= 0.3 is 0 Å². The Morgan fingerprint density at radius 3 is 2.12 bits per heavy atom. The third kappa shape index (κ3) is 4.83. The minimum Gasteiger partial charge on any atom is -0.493 e. The van der Waals surface area contributed by atoms with Crippen molar-refractivity contribution in [2.45, 2.75) is 6.54 Å². The van der Waals surface area contributed by atoms with Crippen LogP contribution in [-0.2, 0) is 11.3 Å². The van der Waals surface area contributed by atoms with Crippen molar-refractivity contribution < 1.29 is 19.0 Å². The first-order valence-electron chi connectivity index (χ1n) is 11.0. The van der Waals surface area contributed by atoms with Gasteiger partial charge in [-0.25, -0.2) is 4.68 Å². The number of nitrogens with zero attached hydrogens (tertiary/aromatic N) is 4. The van der Waals surface area contributed by atoms with E-state index < -0.39 is 0 Å². The van der Waals surface area contributed by atoms with Crippen molar-refractivity contribution in [3.8, 4) is 28.5 Å². The van der Waals surface area contributed by atoms with E-state index in [1.54, 1.807) is 23.1 Å². The second-order valence-corrected chi connectivity index (χ2v) is 7.83. The summed E-state index contributed by atoms with van der Waals surface area (Å²) in [6.07, 6.45) is 0. The number of aromatic nitrogens is 2. The minimum atomic E-state index is -0.340. The molecular weight excluding hydrogens is 436 g/mol. The molecule has 0 unspecified atom stereocenters. The third-order valence-electron chi connectivity index (χ3n) is 5.87. The summed E-state index contributed by atoms with van der Waals surface area (Å²) in [4.78, 5) is 29.4. The molecule has 34 heavy (non-hydrogen) atoms. The van der Waals surface area contributed by atoms with Gasteiger partial charge in [-0.3, -0.25) is 9.59 Å². The molecule has 1 aliphatic rings. The summed E-state index contributed by atoms with van der Waals surface area (Å²) < 4.78 is 17.4. The van der Waals surface area contributed by atoms with Crippen LogP contribution in [0, 0.1) is 0 Å². The SMILES string of the molecule is COc1cc(-c2ccc(=O)n(CC(=O)N3CCN(c4ccccc4)CC3)n2)cc(OC)c1OC. The van der Waals surface area contributed by atoms with Crippen LogP contribution in [-0.4, -0.2) is 68.1 Å². The Morgan fingerprint density at radius 2 is 1.53 bits per heavy atom. The molecule has 0 atom stereocenters. The van der Waals surface area contributed by atoms with Crippen LogP contribution in [0.25, 0.3) is 11.3 Å². The maximum atomic E-state index is 12.9. The molecule has 9 nitrogen and oxygen atoms in total. The number of anilines is 1. The second kappa shape index (κ2) is 10.3. The fourth-order valence-corrected chi connectivity index (χ4v) is 4.03. The highest BCUT2D eigenvalue weighted by molar-refractivity contribution is 5.76. The summed E-state index contributed by atoms with van der Waals surface area (Å²) >= 11 is 0. The van der Waals surface area contributed by atoms with Crippen molar-refractivity contribution in [2.75, 3.05) is 52.4 Å². The van der Waals surface area contributed by atoms with Crippen molar-refractivity contribution in [2.24, 2.45) is 0 Å². The number of ether oxygens (including phenoxy) is 3. The molecule has 2 aromatic carbocycles. The lowest BCUT2D eigenvalue weighted by Gasteiger charge is -2.36. The Labute approximate surface area is 198 Å². The summed E-state index contributed by atoms with van der Waals surface area (Å²) in [5.41, 5.74) is 1.99. The average molecular weight is 465 g/mol. The fraction of sp³-hybridized carbons (Fsp3) is 0.320. The van der Waals surface area contributed by atoms with Gasteiger partial charge in [0.25, 0.3) is 5.56 Å². The zero-order valence-electron chi connectivity index (χ0n) is 19.6. The van der Waals surface area contributed by atoms with Crippen molar-refractivity contribution in [3.05, 3.63) is 65.0 Å². The maximum absolute atomic E-state index is 12.9. The van der Waals surface area contributed by atoms with Crippen LogP contribution < -0.4 is 24.7 Å². The molecule has 1 aliphatic heterocycles. The Bertz CT molecular complexity index is 1180. The van der Waals surface area contributed by atoms with Gasteiger partial charge < -0.3 is 24.0 Å². The lowest BCUT2D eigenvalue weighted by Crippen LogP contribution is -2.50. The number of rotatable bonds is 7. The van der Waals surface area contributed by atoms with Gasteiger partial charge in [-0.15, -0.1) is 0 Å². The second-order valence-electron chi connectivity index (χ2n) is 7.83. The molecule has 0 spiro atoms. The highest BCUT2D eigenvalue weighted by atomic mass is 16.5. The summed E-state index contributed by atoms with van der Waals surface area (Å²) in [5, 5.41) is 4.44. The van der Waals surface area contributed by atoms with Gasteiger partial charge in [0.15, 0.2) is 11.5 Å². The zero-order valence-corrected chi connectivity index (χ0v) is 19.6. The van der Waals surface area contributed by atoms with Gasteiger partial charge in [-0.05, 0) is 30.3 Å².